The highest BCUT2D eigenvalue weighted by atomic mass is 19.3. The first kappa shape index (κ1) is 19.9. The van der Waals surface area contributed by atoms with Gasteiger partial charge in [-0.1, -0.05) is 12.1 Å². The monoisotopic (exact) mass is 403 g/mol. The third-order valence-corrected chi connectivity index (χ3v) is 3.73. The molecule has 150 valence electrons. The van der Waals surface area contributed by atoms with Crippen molar-refractivity contribution in [3.05, 3.63) is 60.4 Å². The van der Waals surface area contributed by atoms with Crippen molar-refractivity contribution in [1.29, 1.82) is 0 Å². The number of esters is 1. The molecule has 0 saturated carbocycles. The van der Waals surface area contributed by atoms with Crippen LogP contribution in [0, 0.1) is 0 Å². The Kier molecular flexibility index (Phi) is 6.07. The molecule has 0 unspecified atom stereocenters. The normalized spacial score (nSPS) is 11.7. The van der Waals surface area contributed by atoms with E-state index in [1.165, 1.54) is 54.3 Å². The second kappa shape index (κ2) is 8.87. The summed E-state index contributed by atoms with van der Waals surface area (Å²) in [6, 6.07) is 11.9. The molecule has 1 atom stereocenters. The van der Waals surface area contributed by atoms with Crippen molar-refractivity contribution in [1.82, 2.24) is 20.2 Å². The van der Waals surface area contributed by atoms with E-state index < -0.39 is 24.6 Å². The van der Waals surface area contributed by atoms with Crippen molar-refractivity contribution in [2.75, 3.05) is 5.32 Å². The molecule has 1 amide bonds. The van der Waals surface area contributed by atoms with Gasteiger partial charge in [-0.15, -0.1) is 5.10 Å². The average molecular weight is 403 g/mol. The molecular weight excluding hydrogens is 388 g/mol. The van der Waals surface area contributed by atoms with Gasteiger partial charge in [0.05, 0.1) is 16.9 Å². The van der Waals surface area contributed by atoms with E-state index in [-0.39, 0.29) is 17.0 Å². The van der Waals surface area contributed by atoms with E-state index in [2.05, 4.69) is 25.6 Å². The van der Waals surface area contributed by atoms with E-state index in [1.807, 2.05) is 0 Å². The highest BCUT2D eigenvalue weighted by molar-refractivity contribution is 5.98. The summed E-state index contributed by atoms with van der Waals surface area (Å²) in [7, 11) is 0. The van der Waals surface area contributed by atoms with Crippen molar-refractivity contribution >= 4 is 17.6 Å². The highest BCUT2D eigenvalue weighted by Gasteiger charge is 2.21. The number of amides is 1. The maximum atomic E-state index is 12.5. The Morgan fingerprint density at radius 1 is 1.10 bits per heavy atom. The molecule has 2 aromatic carbocycles. The maximum absolute atomic E-state index is 12.5. The van der Waals surface area contributed by atoms with Crippen LogP contribution in [-0.4, -0.2) is 44.8 Å². The smallest absolute Gasteiger partial charge is 0.387 e. The van der Waals surface area contributed by atoms with E-state index in [1.54, 1.807) is 12.1 Å². The molecule has 0 spiro atoms. The molecule has 0 fully saturated rings. The summed E-state index contributed by atoms with van der Waals surface area (Å²) in [6.07, 6.45) is 0.219. The molecule has 0 saturated heterocycles. The number of ether oxygens (including phenoxy) is 2. The lowest BCUT2D eigenvalue weighted by Crippen LogP contribution is -2.30. The van der Waals surface area contributed by atoms with Crippen LogP contribution in [0.2, 0.25) is 0 Å². The number of nitrogens with one attached hydrogen (secondary N) is 1. The van der Waals surface area contributed by atoms with Gasteiger partial charge < -0.3 is 14.8 Å². The summed E-state index contributed by atoms with van der Waals surface area (Å²) >= 11 is 0. The number of para-hydroxylation sites is 2. The van der Waals surface area contributed by atoms with Gasteiger partial charge in [-0.2, -0.15) is 8.78 Å². The number of nitrogens with zero attached hydrogens (tertiary/aromatic N) is 4. The van der Waals surface area contributed by atoms with Crippen LogP contribution in [0.3, 0.4) is 0 Å². The summed E-state index contributed by atoms with van der Waals surface area (Å²) in [4.78, 5) is 24.5. The minimum absolute atomic E-state index is 0.0338. The molecular formula is C18H15F2N5O4. The number of benzene rings is 2. The van der Waals surface area contributed by atoms with Crippen LogP contribution in [0.4, 0.5) is 14.5 Å². The van der Waals surface area contributed by atoms with Crippen molar-refractivity contribution in [2.24, 2.45) is 0 Å². The van der Waals surface area contributed by atoms with Gasteiger partial charge in [-0.05, 0) is 53.7 Å². The lowest BCUT2D eigenvalue weighted by Gasteiger charge is -2.15. The predicted octanol–water partition coefficient (Wildman–Crippen LogP) is 2.45. The van der Waals surface area contributed by atoms with Crippen LogP contribution in [0.25, 0.3) is 5.69 Å². The predicted molar refractivity (Wildman–Crippen MR) is 95.7 cm³/mol. The SMILES string of the molecule is C[C@@H](OC(=O)c1ccc(-n2cnnn2)cc1)C(=O)Nc1ccccc1OC(F)F. The minimum atomic E-state index is -3.04. The number of aromatic nitrogens is 4. The van der Waals surface area contributed by atoms with E-state index >= 15 is 0 Å². The van der Waals surface area contributed by atoms with Crippen LogP contribution in [0.15, 0.2) is 54.9 Å². The Balaban J connectivity index is 1.62. The number of halogens is 2. The molecule has 0 aliphatic heterocycles. The molecule has 1 N–H and O–H groups in total. The second-order valence-corrected chi connectivity index (χ2v) is 5.71. The van der Waals surface area contributed by atoms with Gasteiger partial charge in [0.25, 0.3) is 5.91 Å². The van der Waals surface area contributed by atoms with Crippen molar-refractivity contribution in [2.45, 2.75) is 19.6 Å². The van der Waals surface area contributed by atoms with Crippen molar-refractivity contribution < 1.29 is 27.8 Å². The molecule has 1 aromatic heterocycles. The number of carbonyl (C=O) groups is 2. The van der Waals surface area contributed by atoms with E-state index in [4.69, 9.17) is 4.74 Å². The first-order valence-corrected chi connectivity index (χ1v) is 8.33. The molecule has 3 rings (SSSR count). The summed E-state index contributed by atoms with van der Waals surface area (Å²) in [5.41, 5.74) is 0.877. The van der Waals surface area contributed by atoms with Gasteiger partial charge in [0.1, 0.15) is 12.1 Å². The van der Waals surface area contributed by atoms with E-state index in [9.17, 15) is 18.4 Å². The Hall–Kier alpha value is -3.89. The summed E-state index contributed by atoms with van der Waals surface area (Å²) < 4.78 is 35.8. The molecule has 3 aromatic rings. The maximum Gasteiger partial charge on any atom is 0.387 e. The van der Waals surface area contributed by atoms with Gasteiger partial charge in [-0.25, -0.2) is 9.48 Å². The molecule has 9 nitrogen and oxygen atoms in total. The Morgan fingerprint density at radius 2 is 1.83 bits per heavy atom. The molecule has 1 heterocycles. The topological polar surface area (TPSA) is 108 Å². The van der Waals surface area contributed by atoms with Crippen LogP contribution in [0.1, 0.15) is 17.3 Å². The molecule has 0 radical (unpaired) electrons. The minimum Gasteiger partial charge on any atom is -0.449 e. The van der Waals surface area contributed by atoms with E-state index in [0.717, 1.165) is 0 Å². The zero-order valence-corrected chi connectivity index (χ0v) is 15.0. The standard InChI is InChI=1S/C18H15F2N5O4/c1-11(16(26)22-14-4-2-3-5-15(14)29-18(19)20)28-17(27)12-6-8-13(9-7-12)25-10-21-23-24-25/h2-11,18H,1H3,(H,22,26)/t11-/m1/s1. The fourth-order valence-corrected chi connectivity index (χ4v) is 2.31. The van der Waals surface area contributed by atoms with Crippen LogP contribution >= 0.6 is 0 Å². The first-order chi connectivity index (χ1) is 13.9. The third-order valence-electron chi connectivity index (χ3n) is 3.73. The Labute approximate surface area is 163 Å². The molecule has 11 heteroatoms. The van der Waals surface area contributed by atoms with Gasteiger partial charge in [0.2, 0.25) is 0 Å². The van der Waals surface area contributed by atoms with Crippen molar-refractivity contribution in [3.63, 3.8) is 0 Å². The first-order valence-electron chi connectivity index (χ1n) is 8.33. The fourth-order valence-electron chi connectivity index (χ4n) is 2.31. The summed E-state index contributed by atoms with van der Waals surface area (Å²) in [6.45, 7) is -1.68. The van der Waals surface area contributed by atoms with Gasteiger partial charge >= 0.3 is 12.6 Å². The largest absolute Gasteiger partial charge is 0.449 e. The van der Waals surface area contributed by atoms with E-state index in [0.29, 0.717) is 5.69 Å². The average Bonchev–Trinajstić information content (AvgIpc) is 3.24. The number of hydrogen-bond donors (Lipinski definition) is 1. The van der Waals surface area contributed by atoms with Crippen LogP contribution < -0.4 is 10.1 Å². The van der Waals surface area contributed by atoms with Gasteiger partial charge in [-0.3, -0.25) is 4.79 Å². The molecule has 29 heavy (non-hydrogen) atoms. The molecule has 0 aliphatic rings. The third kappa shape index (κ3) is 5.09. The van der Waals surface area contributed by atoms with Crippen LogP contribution in [-0.2, 0) is 9.53 Å². The van der Waals surface area contributed by atoms with Crippen LogP contribution in [0.5, 0.6) is 5.75 Å². The number of alkyl halides is 2. The zero-order valence-electron chi connectivity index (χ0n) is 15.0. The lowest BCUT2D eigenvalue weighted by molar-refractivity contribution is -0.123. The summed E-state index contributed by atoms with van der Waals surface area (Å²) in [5, 5.41) is 13.2. The Bertz CT molecular complexity index is 980. The molecule has 0 aliphatic carbocycles. The molecule has 0 bridgehead atoms. The number of anilines is 1. The summed E-state index contributed by atoms with van der Waals surface area (Å²) in [5.74, 6) is -1.63. The number of hydrogen-bond acceptors (Lipinski definition) is 7. The fraction of sp³-hybridized carbons (Fsp3) is 0.167. The van der Waals surface area contributed by atoms with Gasteiger partial charge in [0.15, 0.2) is 6.10 Å². The quantitative estimate of drug-likeness (QED) is 0.604. The number of tetrazole rings is 1. The van der Waals surface area contributed by atoms with Crippen molar-refractivity contribution in [3.8, 4) is 11.4 Å². The Morgan fingerprint density at radius 3 is 2.48 bits per heavy atom. The second-order valence-electron chi connectivity index (χ2n) is 5.71. The van der Waals surface area contributed by atoms with Gasteiger partial charge in [0, 0.05) is 0 Å². The number of rotatable bonds is 7. The lowest BCUT2D eigenvalue weighted by atomic mass is 10.2. The zero-order chi connectivity index (χ0) is 20.8. The number of carbonyl (C=O) groups excluding carboxylic acids is 2. The highest BCUT2D eigenvalue weighted by Crippen LogP contribution is 2.25.